The summed E-state index contributed by atoms with van der Waals surface area (Å²) in [6.07, 6.45) is 4.27. The van der Waals surface area contributed by atoms with E-state index in [1.807, 2.05) is 18.2 Å². The zero-order valence-corrected chi connectivity index (χ0v) is 14.9. The lowest BCUT2D eigenvalue weighted by atomic mass is 9.96. The smallest absolute Gasteiger partial charge is 0.191 e. The highest BCUT2D eigenvalue weighted by molar-refractivity contribution is 5.80. The zero-order valence-electron chi connectivity index (χ0n) is 14.9. The number of fused-ring (bicyclic) bond motifs is 2. The van der Waals surface area contributed by atoms with Gasteiger partial charge in [-0.15, -0.1) is 0 Å². The van der Waals surface area contributed by atoms with Crippen LogP contribution in [0.25, 0.3) is 0 Å². The number of para-hydroxylation sites is 1. The van der Waals surface area contributed by atoms with Crippen molar-refractivity contribution in [1.82, 2.24) is 10.6 Å². The minimum atomic E-state index is 0.299. The fourth-order valence-corrected chi connectivity index (χ4v) is 3.69. The predicted molar refractivity (Wildman–Crippen MR) is 96.8 cm³/mol. The summed E-state index contributed by atoms with van der Waals surface area (Å²) in [7, 11) is 1.72. The van der Waals surface area contributed by atoms with Gasteiger partial charge in [-0.05, 0) is 37.8 Å². The molecule has 2 heterocycles. The molecule has 132 valence electrons. The van der Waals surface area contributed by atoms with E-state index in [9.17, 15) is 0 Å². The predicted octanol–water partition coefficient (Wildman–Crippen LogP) is 2.67. The van der Waals surface area contributed by atoms with Crippen molar-refractivity contribution in [1.29, 1.82) is 0 Å². The van der Waals surface area contributed by atoms with E-state index in [0.29, 0.717) is 24.2 Å². The third-order valence-electron chi connectivity index (χ3n) is 4.97. The molecule has 2 N–H and O–H groups in total. The van der Waals surface area contributed by atoms with E-state index < -0.39 is 0 Å². The van der Waals surface area contributed by atoms with E-state index in [1.54, 1.807) is 7.11 Å². The molecule has 0 aromatic heterocycles. The van der Waals surface area contributed by atoms with Gasteiger partial charge in [-0.1, -0.05) is 25.1 Å². The summed E-state index contributed by atoms with van der Waals surface area (Å²) in [5, 5.41) is 6.92. The first-order chi connectivity index (χ1) is 11.7. The lowest BCUT2D eigenvalue weighted by molar-refractivity contribution is 0.0992. The zero-order chi connectivity index (χ0) is 16.9. The van der Waals surface area contributed by atoms with Crippen LogP contribution in [0.4, 0.5) is 0 Å². The van der Waals surface area contributed by atoms with Crippen molar-refractivity contribution < 1.29 is 9.47 Å². The Morgan fingerprint density at radius 1 is 1.38 bits per heavy atom. The first-order valence-corrected chi connectivity index (χ1v) is 9.04. The summed E-state index contributed by atoms with van der Waals surface area (Å²) < 4.78 is 11.4. The number of benzene rings is 1. The Morgan fingerprint density at radius 2 is 2.21 bits per heavy atom. The van der Waals surface area contributed by atoms with Crippen LogP contribution in [0, 0.1) is 0 Å². The van der Waals surface area contributed by atoms with Crippen LogP contribution in [0.15, 0.2) is 29.3 Å². The average molecular weight is 331 g/mol. The SMILES string of the molecule is CCNC(=NCC(C)c1ccccc1OC)NC1CC2CCC1O2. The van der Waals surface area contributed by atoms with E-state index in [4.69, 9.17) is 14.5 Å². The molecule has 3 rings (SSSR count). The second-order valence-corrected chi connectivity index (χ2v) is 6.72. The molecule has 5 heteroatoms. The fourth-order valence-electron chi connectivity index (χ4n) is 3.69. The maximum Gasteiger partial charge on any atom is 0.191 e. The standard InChI is InChI=1S/C19H29N3O2/c1-4-20-19(22-16-11-14-9-10-18(16)24-14)21-12-13(2)15-7-5-6-8-17(15)23-3/h5-8,13-14,16,18H,4,9-12H2,1-3H3,(H2,20,21,22). The topological polar surface area (TPSA) is 54.9 Å². The van der Waals surface area contributed by atoms with Gasteiger partial charge < -0.3 is 20.1 Å². The number of hydrogen-bond donors (Lipinski definition) is 2. The van der Waals surface area contributed by atoms with Crippen molar-refractivity contribution in [2.75, 3.05) is 20.2 Å². The molecule has 0 aliphatic carbocycles. The third kappa shape index (κ3) is 3.83. The fraction of sp³-hybridized carbons (Fsp3) is 0.632. The maximum atomic E-state index is 5.93. The van der Waals surface area contributed by atoms with Gasteiger partial charge in [-0.2, -0.15) is 0 Å². The van der Waals surface area contributed by atoms with Gasteiger partial charge in [0.2, 0.25) is 0 Å². The van der Waals surface area contributed by atoms with Crippen LogP contribution < -0.4 is 15.4 Å². The first kappa shape index (κ1) is 17.1. The second-order valence-electron chi connectivity index (χ2n) is 6.72. The quantitative estimate of drug-likeness (QED) is 0.622. The molecule has 5 nitrogen and oxygen atoms in total. The second kappa shape index (κ2) is 7.88. The van der Waals surface area contributed by atoms with Crippen LogP contribution in [-0.4, -0.2) is 44.4 Å². The van der Waals surface area contributed by atoms with Crippen molar-refractivity contribution in [3.05, 3.63) is 29.8 Å². The van der Waals surface area contributed by atoms with Crippen LogP contribution in [0.5, 0.6) is 5.75 Å². The molecule has 1 aromatic rings. The molecule has 4 atom stereocenters. The number of hydrogen-bond acceptors (Lipinski definition) is 3. The maximum absolute atomic E-state index is 5.93. The van der Waals surface area contributed by atoms with Gasteiger partial charge in [-0.3, -0.25) is 4.99 Å². The molecular formula is C19H29N3O2. The Balaban J connectivity index is 1.62. The third-order valence-corrected chi connectivity index (χ3v) is 4.97. The lowest BCUT2D eigenvalue weighted by Gasteiger charge is -2.23. The first-order valence-electron chi connectivity index (χ1n) is 9.04. The molecule has 2 fully saturated rings. The van der Waals surface area contributed by atoms with E-state index in [2.05, 4.69) is 30.5 Å². The van der Waals surface area contributed by atoms with E-state index >= 15 is 0 Å². The van der Waals surface area contributed by atoms with Crippen LogP contribution >= 0.6 is 0 Å². The van der Waals surface area contributed by atoms with Gasteiger partial charge in [0.15, 0.2) is 5.96 Å². The van der Waals surface area contributed by atoms with Gasteiger partial charge in [0, 0.05) is 19.0 Å². The molecule has 0 radical (unpaired) electrons. The van der Waals surface area contributed by atoms with Gasteiger partial charge >= 0.3 is 0 Å². The summed E-state index contributed by atoms with van der Waals surface area (Å²) in [5.74, 6) is 2.12. The van der Waals surface area contributed by atoms with Gasteiger partial charge in [0.1, 0.15) is 5.75 Å². The Morgan fingerprint density at radius 3 is 2.88 bits per heavy atom. The monoisotopic (exact) mass is 331 g/mol. The highest BCUT2D eigenvalue weighted by Crippen LogP contribution is 2.34. The molecular weight excluding hydrogens is 302 g/mol. The highest BCUT2D eigenvalue weighted by Gasteiger charge is 2.41. The van der Waals surface area contributed by atoms with Crippen molar-refractivity contribution >= 4 is 5.96 Å². The van der Waals surface area contributed by atoms with Crippen molar-refractivity contribution in [2.45, 2.75) is 57.3 Å². The van der Waals surface area contributed by atoms with Crippen molar-refractivity contribution in [2.24, 2.45) is 4.99 Å². The Kier molecular flexibility index (Phi) is 5.61. The molecule has 0 amide bonds. The number of nitrogens with one attached hydrogen (secondary N) is 2. The van der Waals surface area contributed by atoms with E-state index in [0.717, 1.165) is 31.2 Å². The summed E-state index contributed by atoms with van der Waals surface area (Å²) in [5.41, 5.74) is 1.20. The number of methoxy groups -OCH3 is 1. The number of aliphatic imine (C=N–C) groups is 1. The minimum absolute atomic E-state index is 0.299. The van der Waals surface area contributed by atoms with Gasteiger partial charge in [-0.25, -0.2) is 0 Å². The van der Waals surface area contributed by atoms with E-state index in [-0.39, 0.29) is 0 Å². The van der Waals surface area contributed by atoms with Crippen LogP contribution in [0.1, 0.15) is 44.6 Å². The van der Waals surface area contributed by atoms with Gasteiger partial charge in [0.05, 0.1) is 25.4 Å². The average Bonchev–Trinajstić information content (AvgIpc) is 3.22. The number of rotatable bonds is 6. The number of ether oxygens (including phenoxy) is 2. The highest BCUT2D eigenvalue weighted by atomic mass is 16.5. The summed E-state index contributed by atoms with van der Waals surface area (Å²) in [6.45, 7) is 5.86. The number of guanidine groups is 1. The summed E-state index contributed by atoms with van der Waals surface area (Å²) in [6, 6.07) is 8.56. The van der Waals surface area contributed by atoms with E-state index in [1.165, 1.54) is 18.4 Å². The molecule has 0 saturated carbocycles. The Labute approximate surface area is 144 Å². The molecule has 1 aromatic carbocycles. The molecule has 2 saturated heterocycles. The van der Waals surface area contributed by atoms with Gasteiger partial charge in [0.25, 0.3) is 0 Å². The Hall–Kier alpha value is -1.75. The molecule has 2 bridgehead atoms. The largest absolute Gasteiger partial charge is 0.496 e. The van der Waals surface area contributed by atoms with Crippen LogP contribution in [0.3, 0.4) is 0 Å². The van der Waals surface area contributed by atoms with Crippen molar-refractivity contribution in [3.8, 4) is 5.75 Å². The lowest BCUT2D eigenvalue weighted by Crippen LogP contribution is -2.47. The molecule has 2 aliphatic rings. The van der Waals surface area contributed by atoms with Crippen LogP contribution in [-0.2, 0) is 4.74 Å². The minimum Gasteiger partial charge on any atom is -0.496 e. The normalized spacial score (nSPS) is 27.1. The molecule has 24 heavy (non-hydrogen) atoms. The number of nitrogens with zero attached hydrogens (tertiary/aromatic N) is 1. The molecule has 0 spiro atoms. The van der Waals surface area contributed by atoms with Crippen molar-refractivity contribution in [3.63, 3.8) is 0 Å². The van der Waals surface area contributed by atoms with Crippen LogP contribution in [0.2, 0.25) is 0 Å². The summed E-state index contributed by atoms with van der Waals surface area (Å²) in [4.78, 5) is 4.80. The molecule has 2 aliphatic heterocycles. The Bertz CT molecular complexity index is 575. The summed E-state index contributed by atoms with van der Waals surface area (Å²) >= 11 is 0. The molecule has 4 unspecified atom stereocenters.